The minimum atomic E-state index is -0.152. The van der Waals surface area contributed by atoms with E-state index in [4.69, 9.17) is 9.47 Å². The number of Topliss-reactive ketones (excluding diaryl/α,β-unsaturated/α-hetero) is 1. The van der Waals surface area contributed by atoms with E-state index in [2.05, 4.69) is 10.3 Å². The van der Waals surface area contributed by atoms with Gasteiger partial charge in [0, 0.05) is 36.8 Å². The first kappa shape index (κ1) is 22.6. The summed E-state index contributed by atoms with van der Waals surface area (Å²) in [5, 5.41) is 2.88. The molecule has 0 atom stereocenters. The van der Waals surface area contributed by atoms with E-state index < -0.39 is 0 Å². The second-order valence-electron chi connectivity index (χ2n) is 7.87. The fourth-order valence-electron chi connectivity index (χ4n) is 3.73. The molecule has 1 saturated heterocycles. The van der Waals surface area contributed by atoms with Crippen molar-refractivity contribution in [1.29, 1.82) is 0 Å². The number of hydrogen-bond acceptors (Lipinski definition) is 6. The van der Waals surface area contributed by atoms with E-state index in [9.17, 15) is 9.59 Å². The van der Waals surface area contributed by atoms with Gasteiger partial charge in [-0.3, -0.25) is 19.5 Å². The number of rotatable bonds is 8. The Labute approximate surface area is 193 Å². The maximum atomic E-state index is 12.9. The van der Waals surface area contributed by atoms with Crippen LogP contribution in [-0.2, 0) is 16.0 Å². The quantitative estimate of drug-likeness (QED) is 0.535. The number of ether oxygens (including phenoxy) is 2. The number of carbonyl (C=O) groups excluding carboxylic acids is 2. The van der Waals surface area contributed by atoms with E-state index in [1.54, 1.807) is 24.4 Å². The maximum absolute atomic E-state index is 12.9. The Bertz CT molecular complexity index is 1090. The van der Waals surface area contributed by atoms with E-state index >= 15 is 0 Å². The summed E-state index contributed by atoms with van der Waals surface area (Å²) >= 11 is 0. The number of hydrogen-bond donors (Lipinski definition) is 1. The molecule has 2 heterocycles. The SMILES string of the molecule is COc1ccc(C(=O)Cc2ccc(-c3ccccc3)nc2)cc1NC(=O)CN1CCOCC1. The molecule has 1 fully saturated rings. The second kappa shape index (κ2) is 10.8. The molecule has 0 spiro atoms. The Hall–Kier alpha value is -3.55. The van der Waals surface area contributed by atoms with Gasteiger partial charge in [-0.15, -0.1) is 0 Å². The zero-order valence-corrected chi connectivity index (χ0v) is 18.6. The van der Waals surface area contributed by atoms with E-state index in [-0.39, 0.29) is 24.7 Å². The molecule has 7 heteroatoms. The normalized spacial score (nSPS) is 14.0. The minimum absolute atomic E-state index is 0.0596. The Kier molecular flexibility index (Phi) is 7.44. The van der Waals surface area contributed by atoms with Gasteiger partial charge in [0.2, 0.25) is 5.91 Å². The van der Waals surface area contributed by atoms with Crippen LogP contribution in [0.4, 0.5) is 5.69 Å². The number of amides is 1. The van der Waals surface area contributed by atoms with Crippen molar-refractivity contribution in [2.45, 2.75) is 6.42 Å². The molecule has 1 amide bonds. The Balaban J connectivity index is 1.42. The van der Waals surface area contributed by atoms with Crippen LogP contribution in [-0.4, -0.2) is 61.5 Å². The molecular formula is C26H27N3O4. The van der Waals surface area contributed by atoms with Crippen LogP contribution in [0.15, 0.2) is 66.9 Å². The summed E-state index contributed by atoms with van der Waals surface area (Å²) in [6.45, 7) is 2.97. The number of methoxy groups -OCH3 is 1. The molecule has 7 nitrogen and oxygen atoms in total. The lowest BCUT2D eigenvalue weighted by Crippen LogP contribution is -2.41. The van der Waals surface area contributed by atoms with Gasteiger partial charge >= 0.3 is 0 Å². The number of aromatic nitrogens is 1. The molecule has 0 saturated carbocycles. The molecule has 1 aromatic heterocycles. The third-order valence-electron chi connectivity index (χ3n) is 5.53. The van der Waals surface area contributed by atoms with Crippen molar-refractivity contribution in [3.8, 4) is 17.0 Å². The van der Waals surface area contributed by atoms with Crippen LogP contribution in [0.3, 0.4) is 0 Å². The zero-order valence-electron chi connectivity index (χ0n) is 18.6. The van der Waals surface area contributed by atoms with Crippen LogP contribution in [0.25, 0.3) is 11.3 Å². The summed E-state index contributed by atoms with van der Waals surface area (Å²) in [6.07, 6.45) is 1.95. The summed E-state index contributed by atoms with van der Waals surface area (Å²) in [7, 11) is 1.54. The number of morpholine rings is 1. The van der Waals surface area contributed by atoms with Crippen LogP contribution < -0.4 is 10.1 Å². The van der Waals surface area contributed by atoms with Gasteiger partial charge in [0.05, 0.1) is 38.2 Å². The number of anilines is 1. The fourth-order valence-corrected chi connectivity index (χ4v) is 3.73. The smallest absolute Gasteiger partial charge is 0.238 e. The Morgan fingerprint density at radius 1 is 1.06 bits per heavy atom. The fraction of sp³-hybridized carbons (Fsp3) is 0.269. The molecular weight excluding hydrogens is 418 g/mol. The first-order chi connectivity index (χ1) is 16.1. The lowest BCUT2D eigenvalue weighted by Gasteiger charge is -2.26. The van der Waals surface area contributed by atoms with E-state index in [0.717, 1.165) is 29.9 Å². The molecule has 0 aliphatic carbocycles. The molecule has 2 aromatic carbocycles. The van der Waals surface area contributed by atoms with E-state index in [0.29, 0.717) is 30.2 Å². The van der Waals surface area contributed by atoms with Gasteiger partial charge in [0.1, 0.15) is 5.75 Å². The molecule has 4 rings (SSSR count). The zero-order chi connectivity index (χ0) is 23.0. The Morgan fingerprint density at radius 3 is 2.55 bits per heavy atom. The van der Waals surface area contributed by atoms with Crippen LogP contribution in [0, 0.1) is 0 Å². The molecule has 1 aliphatic rings. The molecule has 1 aliphatic heterocycles. The first-order valence-electron chi connectivity index (χ1n) is 10.9. The van der Waals surface area contributed by atoms with Gasteiger partial charge in [-0.25, -0.2) is 0 Å². The molecule has 3 aromatic rings. The molecule has 1 N–H and O–H groups in total. The van der Waals surface area contributed by atoms with Crippen molar-refractivity contribution in [1.82, 2.24) is 9.88 Å². The lowest BCUT2D eigenvalue weighted by molar-refractivity contribution is -0.118. The molecule has 0 bridgehead atoms. The highest BCUT2D eigenvalue weighted by Crippen LogP contribution is 2.26. The van der Waals surface area contributed by atoms with Crippen molar-refractivity contribution < 1.29 is 19.1 Å². The van der Waals surface area contributed by atoms with Gasteiger partial charge in [0.25, 0.3) is 0 Å². The van der Waals surface area contributed by atoms with Crippen LogP contribution in [0.5, 0.6) is 5.75 Å². The van der Waals surface area contributed by atoms with Crippen molar-refractivity contribution in [3.63, 3.8) is 0 Å². The molecule has 170 valence electrons. The number of nitrogens with zero attached hydrogens (tertiary/aromatic N) is 2. The summed E-state index contributed by atoms with van der Waals surface area (Å²) in [4.78, 5) is 32.0. The second-order valence-corrected chi connectivity index (χ2v) is 7.87. The first-order valence-corrected chi connectivity index (χ1v) is 10.9. The maximum Gasteiger partial charge on any atom is 0.238 e. The highest BCUT2D eigenvalue weighted by Gasteiger charge is 2.17. The van der Waals surface area contributed by atoms with Gasteiger partial charge in [-0.1, -0.05) is 36.4 Å². The van der Waals surface area contributed by atoms with Crippen LogP contribution in [0.1, 0.15) is 15.9 Å². The van der Waals surface area contributed by atoms with Crippen molar-refractivity contribution >= 4 is 17.4 Å². The van der Waals surface area contributed by atoms with Crippen molar-refractivity contribution in [3.05, 3.63) is 78.0 Å². The topological polar surface area (TPSA) is 80.8 Å². The number of benzene rings is 2. The average molecular weight is 446 g/mol. The number of ketones is 1. The summed E-state index contributed by atoms with van der Waals surface area (Å²) < 4.78 is 10.7. The third kappa shape index (κ3) is 6.03. The number of nitrogens with one attached hydrogen (secondary N) is 1. The van der Waals surface area contributed by atoms with Crippen molar-refractivity contribution in [2.75, 3.05) is 45.3 Å². The van der Waals surface area contributed by atoms with E-state index in [1.165, 1.54) is 7.11 Å². The summed E-state index contributed by atoms with van der Waals surface area (Å²) in [5.74, 6) is 0.298. The molecule has 33 heavy (non-hydrogen) atoms. The summed E-state index contributed by atoms with van der Waals surface area (Å²) in [6, 6.07) is 18.8. The number of carbonyl (C=O) groups is 2. The number of pyridine rings is 1. The largest absolute Gasteiger partial charge is 0.495 e. The van der Waals surface area contributed by atoms with Crippen LogP contribution >= 0.6 is 0 Å². The highest BCUT2D eigenvalue weighted by molar-refractivity contribution is 6.00. The van der Waals surface area contributed by atoms with Gasteiger partial charge in [-0.2, -0.15) is 0 Å². The van der Waals surface area contributed by atoms with Gasteiger partial charge in [0.15, 0.2) is 5.78 Å². The van der Waals surface area contributed by atoms with Crippen molar-refractivity contribution in [2.24, 2.45) is 0 Å². The highest BCUT2D eigenvalue weighted by atomic mass is 16.5. The molecule has 0 unspecified atom stereocenters. The third-order valence-corrected chi connectivity index (χ3v) is 5.53. The molecule has 0 radical (unpaired) electrons. The van der Waals surface area contributed by atoms with Gasteiger partial charge < -0.3 is 14.8 Å². The van der Waals surface area contributed by atoms with Crippen LogP contribution in [0.2, 0.25) is 0 Å². The monoisotopic (exact) mass is 445 g/mol. The summed E-state index contributed by atoms with van der Waals surface area (Å²) in [5.41, 5.74) is 3.71. The van der Waals surface area contributed by atoms with Gasteiger partial charge in [-0.05, 0) is 29.8 Å². The lowest BCUT2D eigenvalue weighted by atomic mass is 10.0. The minimum Gasteiger partial charge on any atom is -0.495 e. The standard InChI is InChI=1S/C26H27N3O4/c1-32-25-10-8-21(16-23(25)28-26(31)18-29-11-13-33-14-12-29)24(30)15-19-7-9-22(27-17-19)20-5-3-2-4-6-20/h2-10,16-17H,11-15,18H2,1H3,(H,28,31). The Morgan fingerprint density at radius 2 is 1.85 bits per heavy atom. The van der Waals surface area contributed by atoms with E-state index in [1.807, 2.05) is 47.4 Å². The predicted molar refractivity (Wildman–Crippen MR) is 127 cm³/mol. The average Bonchev–Trinajstić information content (AvgIpc) is 2.85. The predicted octanol–water partition coefficient (Wildman–Crippen LogP) is 3.45.